The average Bonchev–Trinajstić information content (AvgIpc) is 2.29. The van der Waals surface area contributed by atoms with Crippen molar-refractivity contribution in [1.82, 2.24) is 5.32 Å². The maximum absolute atomic E-state index is 13.6. The molecule has 0 aliphatic heterocycles. The van der Waals surface area contributed by atoms with Gasteiger partial charge in [-0.3, -0.25) is 9.59 Å². The van der Waals surface area contributed by atoms with Crippen molar-refractivity contribution in [3.05, 3.63) is 35.1 Å². The van der Waals surface area contributed by atoms with Gasteiger partial charge in [-0.15, -0.1) is 0 Å². The first-order chi connectivity index (χ1) is 8.71. The Labute approximate surface area is 111 Å². The summed E-state index contributed by atoms with van der Waals surface area (Å²) in [4.78, 5) is 22.5. The zero-order valence-corrected chi connectivity index (χ0v) is 11.3. The van der Waals surface area contributed by atoms with Gasteiger partial charge in [-0.2, -0.15) is 0 Å². The summed E-state index contributed by atoms with van der Waals surface area (Å²) in [6, 6.07) is 4.30. The summed E-state index contributed by atoms with van der Waals surface area (Å²) in [5.41, 5.74) is 0.0596. The van der Waals surface area contributed by atoms with Crippen LogP contribution in [0.25, 0.3) is 0 Å². The van der Waals surface area contributed by atoms with Crippen molar-refractivity contribution in [2.75, 3.05) is 0 Å². The molecule has 104 valence electrons. The van der Waals surface area contributed by atoms with E-state index in [4.69, 9.17) is 5.11 Å². The highest BCUT2D eigenvalue weighted by molar-refractivity contribution is 5.95. The number of halogens is 1. The highest BCUT2D eigenvalue weighted by Crippen LogP contribution is 2.15. The molecule has 0 aromatic heterocycles. The third-order valence-corrected chi connectivity index (χ3v) is 2.78. The number of amides is 1. The van der Waals surface area contributed by atoms with Crippen LogP contribution >= 0.6 is 0 Å². The second-order valence-corrected chi connectivity index (χ2v) is 5.22. The summed E-state index contributed by atoms with van der Waals surface area (Å²) >= 11 is 0. The Morgan fingerprint density at radius 1 is 1.37 bits per heavy atom. The van der Waals surface area contributed by atoms with Crippen LogP contribution < -0.4 is 5.32 Å². The van der Waals surface area contributed by atoms with Gasteiger partial charge in [-0.25, -0.2) is 4.39 Å². The number of hydrogen-bond donors (Lipinski definition) is 2. The first-order valence-electron chi connectivity index (χ1n) is 6.02. The van der Waals surface area contributed by atoms with Crippen LogP contribution in [-0.4, -0.2) is 22.5 Å². The number of hydrogen-bond acceptors (Lipinski definition) is 2. The predicted octanol–water partition coefficient (Wildman–Crippen LogP) is 2.51. The molecule has 0 radical (unpaired) electrons. The van der Waals surface area contributed by atoms with Gasteiger partial charge in [0.1, 0.15) is 5.82 Å². The minimum absolute atomic E-state index is 0.0246. The van der Waals surface area contributed by atoms with E-state index in [1.54, 1.807) is 26.8 Å². The number of carboxylic acids is 1. The molecule has 1 aromatic rings. The van der Waals surface area contributed by atoms with E-state index in [1.165, 1.54) is 12.1 Å². The lowest BCUT2D eigenvalue weighted by molar-refractivity contribution is -0.137. The van der Waals surface area contributed by atoms with Gasteiger partial charge < -0.3 is 10.4 Å². The van der Waals surface area contributed by atoms with E-state index in [1.807, 2.05) is 0 Å². The molecule has 2 N–H and O–H groups in total. The number of nitrogens with one attached hydrogen (secondary N) is 1. The summed E-state index contributed by atoms with van der Waals surface area (Å²) in [6.45, 7) is 5.19. The highest BCUT2D eigenvalue weighted by atomic mass is 19.1. The van der Waals surface area contributed by atoms with Gasteiger partial charge in [0.2, 0.25) is 0 Å². The van der Waals surface area contributed by atoms with Gasteiger partial charge in [-0.05, 0) is 39.3 Å². The van der Waals surface area contributed by atoms with Crippen LogP contribution in [0.3, 0.4) is 0 Å². The Kier molecular flexibility index (Phi) is 4.64. The number of aliphatic carboxylic acids is 1. The standard InChI is InChI=1S/C14H18FNO3/c1-9-4-5-11(15)10(8-9)13(19)16-14(2,3)7-6-12(17)18/h4-5,8H,6-7H2,1-3H3,(H,16,19)(H,17,18). The van der Waals surface area contributed by atoms with Crippen molar-refractivity contribution in [2.24, 2.45) is 0 Å². The van der Waals surface area contributed by atoms with Crippen LogP contribution in [0.4, 0.5) is 4.39 Å². The first-order valence-corrected chi connectivity index (χ1v) is 6.02. The van der Waals surface area contributed by atoms with Crippen molar-refractivity contribution >= 4 is 11.9 Å². The second kappa shape index (κ2) is 5.82. The molecule has 0 spiro atoms. The number of carbonyl (C=O) groups is 2. The number of rotatable bonds is 5. The van der Waals surface area contributed by atoms with Crippen LogP contribution in [0.5, 0.6) is 0 Å². The summed E-state index contributed by atoms with van der Waals surface area (Å²) in [5, 5.41) is 11.3. The topological polar surface area (TPSA) is 66.4 Å². The lowest BCUT2D eigenvalue weighted by Gasteiger charge is -2.25. The van der Waals surface area contributed by atoms with Gasteiger partial charge in [-0.1, -0.05) is 11.6 Å². The first kappa shape index (κ1) is 15.1. The molecule has 0 atom stereocenters. The molecule has 0 unspecified atom stereocenters. The third-order valence-electron chi connectivity index (χ3n) is 2.78. The molecule has 0 bridgehead atoms. The van der Waals surface area contributed by atoms with Gasteiger partial charge in [0, 0.05) is 12.0 Å². The fourth-order valence-corrected chi connectivity index (χ4v) is 1.67. The molecule has 19 heavy (non-hydrogen) atoms. The molecule has 0 saturated heterocycles. The van der Waals surface area contributed by atoms with Gasteiger partial charge in [0.15, 0.2) is 0 Å². The van der Waals surface area contributed by atoms with E-state index in [0.29, 0.717) is 0 Å². The fraction of sp³-hybridized carbons (Fsp3) is 0.429. The SMILES string of the molecule is Cc1ccc(F)c(C(=O)NC(C)(C)CCC(=O)O)c1. The van der Waals surface area contributed by atoms with Crippen LogP contribution in [0.15, 0.2) is 18.2 Å². The van der Waals surface area contributed by atoms with Crippen LogP contribution in [-0.2, 0) is 4.79 Å². The van der Waals surface area contributed by atoms with Crippen LogP contribution in [0.2, 0.25) is 0 Å². The van der Waals surface area contributed by atoms with E-state index in [9.17, 15) is 14.0 Å². The average molecular weight is 267 g/mol. The highest BCUT2D eigenvalue weighted by Gasteiger charge is 2.23. The zero-order chi connectivity index (χ0) is 14.6. The second-order valence-electron chi connectivity index (χ2n) is 5.22. The maximum atomic E-state index is 13.6. The molecule has 0 aliphatic carbocycles. The predicted molar refractivity (Wildman–Crippen MR) is 69.6 cm³/mol. The van der Waals surface area contributed by atoms with Crippen molar-refractivity contribution in [3.8, 4) is 0 Å². The molecule has 0 saturated carbocycles. The smallest absolute Gasteiger partial charge is 0.303 e. The van der Waals surface area contributed by atoms with E-state index >= 15 is 0 Å². The van der Waals surface area contributed by atoms with E-state index < -0.39 is 23.2 Å². The third kappa shape index (κ3) is 4.69. The summed E-state index contributed by atoms with van der Waals surface area (Å²) < 4.78 is 13.6. The van der Waals surface area contributed by atoms with Gasteiger partial charge >= 0.3 is 5.97 Å². The number of benzene rings is 1. The molecular weight excluding hydrogens is 249 g/mol. The Morgan fingerprint density at radius 2 is 2.00 bits per heavy atom. The molecule has 0 aliphatic rings. The lowest BCUT2D eigenvalue weighted by atomic mass is 9.97. The van der Waals surface area contributed by atoms with E-state index in [0.717, 1.165) is 5.56 Å². The normalized spacial score (nSPS) is 11.2. The molecule has 0 heterocycles. The molecular formula is C14H18FNO3. The van der Waals surface area contributed by atoms with Crippen LogP contribution in [0, 0.1) is 12.7 Å². The molecule has 0 fully saturated rings. The lowest BCUT2D eigenvalue weighted by Crippen LogP contribution is -2.44. The number of aryl methyl sites for hydroxylation is 1. The van der Waals surface area contributed by atoms with Crippen molar-refractivity contribution in [1.29, 1.82) is 0 Å². The Morgan fingerprint density at radius 3 is 2.58 bits per heavy atom. The van der Waals surface area contributed by atoms with Crippen molar-refractivity contribution < 1.29 is 19.1 Å². The Hall–Kier alpha value is -1.91. The molecule has 4 nitrogen and oxygen atoms in total. The Bertz CT molecular complexity index is 497. The number of carboxylic acid groups (broad SMARTS) is 1. The summed E-state index contributed by atoms with van der Waals surface area (Å²) in [5.74, 6) is -2.04. The molecule has 1 amide bonds. The Balaban J connectivity index is 2.78. The van der Waals surface area contributed by atoms with E-state index in [2.05, 4.69) is 5.32 Å². The summed E-state index contributed by atoms with van der Waals surface area (Å²) in [7, 11) is 0. The van der Waals surface area contributed by atoms with Gasteiger partial charge in [0.25, 0.3) is 5.91 Å². The minimum atomic E-state index is -0.927. The molecule has 5 heteroatoms. The quantitative estimate of drug-likeness (QED) is 0.861. The van der Waals surface area contributed by atoms with Crippen LogP contribution in [0.1, 0.15) is 42.6 Å². The monoisotopic (exact) mass is 267 g/mol. The van der Waals surface area contributed by atoms with Crippen molar-refractivity contribution in [2.45, 2.75) is 39.2 Å². The fourth-order valence-electron chi connectivity index (χ4n) is 1.67. The molecule has 1 aromatic carbocycles. The molecule has 1 rings (SSSR count). The summed E-state index contributed by atoms with van der Waals surface area (Å²) in [6.07, 6.45) is 0.227. The van der Waals surface area contributed by atoms with Crippen molar-refractivity contribution in [3.63, 3.8) is 0 Å². The largest absolute Gasteiger partial charge is 0.481 e. The zero-order valence-electron chi connectivity index (χ0n) is 11.3. The minimum Gasteiger partial charge on any atom is -0.481 e. The number of carbonyl (C=O) groups excluding carboxylic acids is 1. The maximum Gasteiger partial charge on any atom is 0.303 e. The van der Waals surface area contributed by atoms with Gasteiger partial charge in [0.05, 0.1) is 5.56 Å². The van der Waals surface area contributed by atoms with E-state index in [-0.39, 0.29) is 18.4 Å².